The first kappa shape index (κ1) is 24.1. The van der Waals surface area contributed by atoms with Crippen LogP contribution in [0, 0.1) is 5.92 Å². The summed E-state index contributed by atoms with van der Waals surface area (Å²) in [7, 11) is 0. The van der Waals surface area contributed by atoms with Gasteiger partial charge in [0, 0.05) is 19.5 Å². The summed E-state index contributed by atoms with van der Waals surface area (Å²) >= 11 is 0. The molecule has 1 aromatic heterocycles. The van der Waals surface area contributed by atoms with Crippen molar-refractivity contribution in [3.05, 3.63) is 59.7 Å². The Labute approximate surface area is 195 Å². The maximum absolute atomic E-state index is 12.8. The zero-order chi connectivity index (χ0) is 23.6. The van der Waals surface area contributed by atoms with Crippen LogP contribution in [0.3, 0.4) is 0 Å². The zero-order valence-electron chi connectivity index (χ0n) is 19.8. The van der Waals surface area contributed by atoms with Crippen molar-refractivity contribution in [3.63, 3.8) is 0 Å². The summed E-state index contributed by atoms with van der Waals surface area (Å²) in [6.45, 7) is 10.2. The average molecular weight is 452 g/mol. The Morgan fingerprint density at radius 1 is 0.879 bits per heavy atom. The normalized spacial score (nSPS) is 10.8. The minimum atomic E-state index is -0.0965. The number of aromatic nitrogens is 3. The molecule has 1 heterocycles. The van der Waals surface area contributed by atoms with Crippen molar-refractivity contribution in [2.24, 2.45) is 5.92 Å². The second-order valence-electron chi connectivity index (χ2n) is 8.02. The van der Waals surface area contributed by atoms with Crippen LogP contribution in [0.15, 0.2) is 48.5 Å². The van der Waals surface area contributed by atoms with E-state index in [0.29, 0.717) is 44.6 Å². The molecule has 0 aliphatic carbocycles. The summed E-state index contributed by atoms with van der Waals surface area (Å²) in [5.41, 5.74) is 2.11. The highest BCUT2D eigenvalue weighted by atomic mass is 16.5. The first-order chi connectivity index (χ1) is 16.0. The molecule has 0 spiro atoms. The number of nitrogens with zero attached hydrogens (tertiary/aromatic N) is 3. The average Bonchev–Trinajstić information content (AvgIpc) is 3.21. The van der Waals surface area contributed by atoms with Gasteiger partial charge in [-0.05, 0) is 55.2 Å². The van der Waals surface area contributed by atoms with Crippen LogP contribution in [0.1, 0.15) is 50.0 Å². The fraction of sp³-hybridized carbons (Fsp3) is 0.400. The van der Waals surface area contributed by atoms with E-state index < -0.39 is 0 Å². The van der Waals surface area contributed by atoms with Gasteiger partial charge >= 0.3 is 0 Å². The second kappa shape index (κ2) is 11.9. The standard InChI is InChI=1S/C25H33N5O3/c1-5-32-21-11-7-19(8-12-21)16-26-24-28-25(30(29-24)23(31)15-18(3)4)27-17-20-9-13-22(14-10-20)33-6-2/h7-14,18H,5-6,15-17H2,1-4H3,(H2,26,27,28,29). The monoisotopic (exact) mass is 451 g/mol. The lowest BCUT2D eigenvalue weighted by Crippen LogP contribution is -2.18. The van der Waals surface area contributed by atoms with Crippen LogP contribution >= 0.6 is 0 Å². The molecule has 0 fully saturated rings. The molecular formula is C25H33N5O3. The molecule has 0 aliphatic rings. The number of hydrogen-bond donors (Lipinski definition) is 2. The fourth-order valence-corrected chi connectivity index (χ4v) is 3.21. The first-order valence-corrected chi connectivity index (χ1v) is 11.4. The maximum atomic E-state index is 12.8. The van der Waals surface area contributed by atoms with Crippen molar-refractivity contribution in [2.75, 3.05) is 23.8 Å². The first-order valence-electron chi connectivity index (χ1n) is 11.4. The topological polar surface area (TPSA) is 90.3 Å². The number of carbonyl (C=O) groups excluding carboxylic acids is 1. The van der Waals surface area contributed by atoms with Gasteiger partial charge in [-0.2, -0.15) is 9.67 Å². The summed E-state index contributed by atoms with van der Waals surface area (Å²) < 4.78 is 12.3. The van der Waals surface area contributed by atoms with Gasteiger partial charge in [0.15, 0.2) is 0 Å². The van der Waals surface area contributed by atoms with E-state index in [2.05, 4.69) is 20.7 Å². The fourth-order valence-electron chi connectivity index (χ4n) is 3.21. The number of benzene rings is 2. The van der Waals surface area contributed by atoms with Crippen molar-refractivity contribution >= 4 is 17.8 Å². The lowest BCUT2D eigenvalue weighted by molar-refractivity contribution is 0.0873. The predicted octanol–water partition coefficient (Wildman–Crippen LogP) is 4.99. The van der Waals surface area contributed by atoms with Crippen LogP contribution < -0.4 is 20.1 Å². The third kappa shape index (κ3) is 7.24. The van der Waals surface area contributed by atoms with Crippen molar-refractivity contribution in [2.45, 2.75) is 47.2 Å². The van der Waals surface area contributed by atoms with E-state index in [1.807, 2.05) is 76.2 Å². The Bertz CT molecular complexity index is 1010. The van der Waals surface area contributed by atoms with Crippen LogP contribution in [0.25, 0.3) is 0 Å². The molecule has 3 aromatic rings. The quantitative estimate of drug-likeness (QED) is 0.401. The zero-order valence-corrected chi connectivity index (χ0v) is 19.8. The molecule has 0 saturated carbocycles. The highest BCUT2D eigenvalue weighted by Gasteiger charge is 2.17. The Morgan fingerprint density at radius 3 is 1.88 bits per heavy atom. The summed E-state index contributed by atoms with van der Waals surface area (Å²) in [6.07, 6.45) is 0.388. The minimum absolute atomic E-state index is 0.0965. The summed E-state index contributed by atoms with van der Waals surface area (Å²) in [4.78, 5) is 17.3. The number of rotatable bonds is 12. The van der Waals surface area contributed by atoms with Crippen molar-refractivity contribution < 1.29 is 14.3 Å². The van der Waals surface area contributed by atoms with Crippen LogP contribution in [-0.2, 0) is 13.1 Å². The lowest BCUT2D eigenvalue weighted by atomic mass is 10.1. The molecule has 8 nitrogen and oxygen atoms in total. The van der Waals surface area contributed by atoms with Gasteiger partial charge in [0.2, 0.25) is 17.8 Å². The molecule has 0 radical (unpaired) electrons. The molecular weight excluding hydrogens is 418 g/mol. The molecule has 2 aromatic carbocycles. The number of anilines is 2. The van der Waals surface area contributed by atoms with Gasteiger partial charge in [-0.3, -0.25) is 4.79 Å². The summed E-state index contributed by atoms with van der Waals surface area (Å²) in [5, 5.41) is 10.9. The molecule has 2 N–H and O–H groups in total. The van der Waals surface area contributed by atoms with Crippen molar-refractivity contribution in [1.82, 2.24) is 14.8 Å². The van der Waals surface area contributed by atoms with Crippen molar-refractivity contribution in [1.29, 1.82) is 0 Å². The van der Waals surface area contributed by atoms with Crippen LogP contribution in [-0.4, -0.2) is 33.9 Å². The molecule has 0 bridgehead atoms. The summed E-state index contributed by atoms with van der Waals surface area (Å²) in [6, 6.07) is 15.7. The predicted molar refractivity (Wildman–Crippen MR) is 130 cm³/mol. The number of nitrogens with one attached hydrogen (secondary N) is 2. The Hall–Kier alpha value is -3.55. The third-order valence-corrected chi connectivity index (χ3v) is 4.80. The van der Waals surface area contributed by atoms with Gasteiger partial charge in [0.05, 0.1) is 13.2 Å². The molecule has 0 unspecified atom stereocenters. The smallest absolute Gasteiger partial charge is 0.250 e. The van der Waals surface area contributed by atoms with Crippen molar-refractivity contribution in [3.8, 4) is 11.5 Å². The molecule has 0 saturated heterocycles. The van der Waals surface area contributed by atoms with E-state index in [9.17, 15) is 4.79 Å². The maximum Gasteiger partial charge on any atom is 0.250 e. The van der Waals surface area contributed by atoms with E-state index in [4.69, 9.17) is 9.47 Å². The second-order valence-corrected chi connectivity index (χ2v) is 8.02. The highest BCUT2D eigenvalue weighted by Crippen LogP contribution is 2.17. The third-order valence-electron chi connectivity index (χ3n) is 4.80. The van der Waals surface area contributed by atoms with E-state index in [1.165, 1.54) is 4.68 Å². The molecule has 33 heavy (non-hydrogen) atoms. The van der Waals surface area contributed by atoms with E-state index in [1.54, 1.807) is 0 Å². The molecule has 0 aliphatic heterocycles. The van der Waals surface area contributed by atoms with Gasteiger partial charge in [-0.1, -0.05) is 38.1 Å². The lowest BCUT2D eigenvalue weighted by Gasteiger charge is -2.09. The van der Waals surface area contributed by atoms with Gasteiger partial charge < -0.3 is 20.1 Å². The number of ether oxygens (including phenoxy) is 2. The molecule has 176 valence electrons. The minimum Gasteiger partial charge on any atom is -0.494 e. The largest absolute Gasteiger partial charge is 0.494 e. The Kier molecular flexibility index (Phi) is 8.69. The Balaban J connectivity index is 1.69. The molecule has 8 heteroatoms. The van der Waals surface area contributed by atoms with Gasteiger partial charge in [0.1, 0.15) is 11.5 Å². The SMILES string of the molecule is CCOc1ccc(CNc2nc(NCc3ccc(OCC)cc3)n(C(=O)CC(C)C)n2)cc1. The highest BCUT2D eigenvalue weighted by molar-refractivity contribution is 5.81. The number of hydrogen-bond acceptors (Lipinski definition) is 7. The molecule has 3 rings (SSSR count). The van der Waals surface area contributed by atoms with Crippen LogP contribution in [0.4, 0.5) is 11.9 Å². The molecule has 0 amide bonds. The van der Waals surface area contributed by atoms with Gasteiger partial charge in [0.25, 0.3) is 0 Å². The van der Waals surface area contributed by atoms with Crippen LogP contribution in [0.2, 0.25) is 0 Å². The summed E-state index contributed by atoms with van der Waals surface area (Å²) in [5.74, 6) is 2.61. The van der Waals surface area contributed by atoms with Gasteiger partial charge in [-0.25, -0.2) is 0 Å². The number of carbonyl (C=O) groups is 1. The van der Waals surface area contributed by atoms with E-state index in [-0.39, 0.29) is 11.8 Å². The van der Waals surface area contributed by atoms with Crippen LogP contribution in [0.5, 0.6) is 11.5 Å². The van der Waals surface area contributed by atoms with E-state index in [0.717, 1.165) is 22.6 Å². The van der Waals surface area contributed by atoms with Gasteiger partial charge in [-0.15, -0.1) is 5.10 Å². The van der Waals surface area contributed by atoms with E-state index >= 15 is 0 Å². The molecule has 0 atom stereocenters. The Morgan fingerprint density at radius 2 is 1.39 bits per heavy atom.